The number of hydrogen-bond donors (Lipinski definition) is 3. The molecule has 110 valence electrons. The molecular weight excluding hydrogens is 266 g/mol. The molecule has 1 aliphatic rings. The number of nitrogens with one attached hydrogen (secondary N) is 1. The van der Waals surface area contributed by atoms with Crippen LogP contribution in [-0.4, -0.2) is 46.2 Å². The van der Waals surface area contributed by atoms with Crippen molar-refractivity contribution in [1.29, 1.82) is 0 Å². The summed E-state index contributed by atoms with van der Waals surface area (Å²) in [5, 5.41) is 21.2. The number of hydrogen-bond acceptors (Lipinski definition) is 4. The van der Waals surface area contributed by atoms with Gasteiger partial charge >= 0.3 is 5.97 Å². The minimum Gasteiger partial charge on any atom is -0.481 e. The van der Waals surface area contributed by atoms with Gasteiger partial charge in [0.1, 0.15) is 0 Å². The molecule has 0 aromatic rings. The topological polar surface area (TPSA) is 86.6 Å². The number of amides is 1. The summed E-state index contributed by atoms with van der Waals surface area (Å²) in [5.74, 6) is -2.07. The van der Waals surface area contributed by atoms with Gasteiger partial charge < -0.3 is 15.5 Å². The maximum absolute atomic E-state index is 12.2. The van der Waals surface area contributed by atoms with Crippen LogP contribution in [0.5, 0.6) is 0 Å². The summed E-state index contributed by atoms with van der Waals surface area (Å²) < 4.78 is 0. The minimum absolute atomic E-state index is 0.00433. The Morgan fingerprint density at radius 1 is 1.32 bits per heavy atom. The molecule has 0 radical (unpaired) electrons. The Kier molecular flexibility index (Phi) is 6.65. The summed E-state index contributed by atoms with van der Waals surface area (Å²) in [5.41, 5.74) is 0. The molecule has 3 N–H and O–H groups in total. The minimum atomic E-state index is -0.879. The monoisotopic (exact) mass is 289 g/mol. The lowest BCUT2D eigenvalue weighted by Crippen LogP contribution is -2.47. The third kappa shape index (κ3) is 4.38. The van der Waals surface area contributed by atoms with E-state index in [1.807, 2.05) is 13.2 Å². The highest BCUT2D eigenvalue weighted by Crippen LogP contribution is 2.30. The number of aliphatic carboxylic acids is 1. The Bertz CT molecular complexity index is 320. The smallest absolute Gasteiger partial charge is 0.307 e. The SMILES string of the molecule is CSC(CO)C(C)NC(=O)[C@@H]1CCCC[C@@H]1C(=O)O. The van der Waals surface area contributed by atoms with E-state index in [2.05, 4.69) is 5.32 Å². The molecule has 0 heterocycles. The van der Waals surface area contributed by atoms with Crippen LogP contribution in [0.1, 0.15) is 32.6 Å². The van der Waals surface area contributed by atoms with Crippen molar-refractivity contribution in [2.24, 2.45) is 11.8 Å². The summed E-state index contributed by atoms with van der Waals surface area (Å²) in [6.07, 6.45) is 4.87. The third-order valence-electron chi connectivity index (χ3n) is 3.83. The zero-order valence-corrected chi connectivity index (χ0v) is 12.3. The van der Waals surface area contributed by atoms with Crippen LogP contribution in [0.4, 0.5) is 0 Å². The van der Waals surface area contributed by atoms with Crippen LogP contribution in [0.25, 0.3) is 0 Å². The van der Waals surface area contributed by atoms with Gasteiger partial charge in [-0.15, -0.1) is 0 Å². The predicted molar refractivity (Wildman–Crippen MR) is 75.1 cm³/mol. The molecule has 4 atom stereocenters. The van der Waals surface area contributed by atoms with Crippen molar-refractivity contribution in [3.05, 3.63) is 0 Å². The third-order valence-corrected chi connectivity index (χ3v) is 4.99. The van der Waals surface area contributed by atoms with E-state index in [9.17, 15) is 14.7 Å². The molecule has 0 bridgehead atoms. The molecule has 1 amide bonds. The van der Waals surface area contributed by atoms with Gasteiger partial charge in [0.25, 0.3) is 0 Å². The van der Waals surface area contributed by atoms with Crippen LogP contribution in [0.3, 0.4) is 0 Å². The maximum Gasteiger partial charge on any atom is 0.307 e. The highest BCUT2D eigenvalue weighted by Gasteiger charge is 2.36. The molecule has 19 heavy (non-hydrogen) atoms. The van der Waals surface area contributed by atoms with E-state index in [4.69, 9.17) is 5.11 Å². The number of carboxylic acid groups (broad SMARTS) is 1. The lowest BCUT2D eigenvalue weighted by atomic mass is 9.78. The zero-order valence-electron chi connectivity index (χ0n) is 11.5. The number of thioether (sulfide) groups is 1. The van der Waals surface area contributed by atoms with Crippen molar-refractivity contribution in [2.45, 2.75) is 43.9 Å². The zero-order chi connectivity index (χ0) is 14.4. The molecular formula is C13H23NO4S. The molecule has 1 aliphatic carbocycles. The predicted octanol–water partition coefficient (Wildman–Crippen LogP) is 1.11. The standard InChI is InChI=1S/C13H23NO4S/c1-8(11(7-15)19-2)14-12(16)9-5-3-4-6-10(9)13(17)18/h8-11,15H,3-7H2,1-2H3,(H,14,16)(H,17,18)/t8?,9-,10+,11?/m1/s1. The summed E-state index contributed by atoms with van der Waals surface area (Å²) in [6.45, 7) is 1.84. The van der Waals surface area contributed by atoms with E-state index in [1.165, 1.54) is 11.8 Å². The normalized spacial score (nSPS) is 26.5. The Morgan fingerprint density at radius 2 is 1.89 bits per heavy atom. The maximum atomic E-state index is 12.2. The van der Waals surface area contributed by atoms with Gasteiger partial charge in [0, 0.05) is 11.3 Å². The van der Waals surface area contributed by atoms with Crippen LogP contribution >= 0.6 is 11.8 Å². The Morgan fingerprint density at radius 3 is 2.37 bits per heavy atom. The molecule has 0 aliphatic heterocycles. The second-order valence-electron chi connectivity index (χ2n) is 5.09. The quantitative estimate of drug-likeness (QED) is 0.682. The van der Waals surface area contributed by atoms with Gasteiger partial charge in [0.05, 0.1) is 18.4 Å². The van der Waals surface area contributed by atoms with Gasteiger partial charge in [0.2, 0.25) is 5.91 Å². The van der Waals surface area contributed by atoms with Crippen molar-refractivity contribution in [3.63, 3.8) is 0 Å². The average Bonchev–Trinajstić information content (AvgIpc) is 2.40. The Balaban J connectivity index is 2.62. The molecule has 5 nitrogen and oxygen atoms in total. The molecule has 0 aromatic heterocycles. The fraction of sp³-hybridized carbons (Fsp3) is 0.846. The fourth-order valence-corrected chi connectivity index (χ4v) is 3.23. The molecule has 0 saturated heterocycles. The summed E-state index contributed by atoms with van der Waals surface area (Å²) >= 11 is 1.49. The van der Waals surface area contributed by atoms with E-state index in [0.29, 0.717) is 12.8 Å². The average molecular weight is 289 g/mol. The lowest BCUT2D eigenvalue weighted by molar-refractivity contribution is -0.149. The second kappa shape index (κ2) is 7.75. The molecule has 0 spiro atoms. The summed E-state index contributed by atoms with van der Waals surface area (Å²) in [7, 11) is 0. The van der Waals surface area contributed by atoms with E-state index < -0.39 is 17.8 Å². The largest absolute Gasteiger partial charge is 0.481 e. The second-order valence-corrected chi connectivity index (χ2v) is 6.17. The van der Waals surface area contributed by atoms with Crippen molar-refractivity contribution in [3.8, 4) is 0 Å². The first-order chi connectivity index (χ1) is 9.01. The number of aliphatic hydroxyl groups is 1. The Hall–Kier alpha value is -0.750. The highest BCUT2D eigenvalue weighted by atomic mass is 32.2. The van der Waals surface area contributed by atoms with Crippen LogP contribution in [0.15, 0.2) is 0 Å². The van der Waals surface area contributed by atoms with Gasteiger partial charge in [-0.3, -0.25) is 9.59 Å². The van der Waals surface area contributed by atoms with E-state index in [1.54, 1.807) is 0 Å². The van der Waals surface area contributed by atoms with Crippen LogP contribution in [0.2, 0.25) is 0 Å². The van der Waals surface area contributed by atoms with Gasteiger partial charge in [0.15, 0.2) is 0 Å². The van der Waals surface area contributed by atoms with Crippen LogP contribution in [-0.2, 0) is 9.59 Å². The van der Waals surface area contributed by atoms with Crippen molar-refractivity contribution in [2.75, 3.05) is 12.9 Å². The fourth-order valence-electron chi connectivity index (χ4n) is 2.60. The van der Waals surface area contributed by atoms with E-state index >= 15 is 0 Å². The van der Waals surface area contributed by atoms with Crippen LogP contribution < -0.4 is 5.32 Å². The number of rotatable bonds is 6. The number of aliphatic hydroxyl groups excluding tert-OH is 1. The number of carboxylic acids is 1. The van der Waals surface area contributed by atoms with Crippen molar-refractivity contribution >= 4 is 23.6 Å². The Labute approximate surface area is 118 Å². The first-order valence-corrected chi connectivity index (χ1v) is 7.96. The molecule has 6 heteroatoms. The van der Waals surface area contributed by atoms with E-state index in [-0.39, 0.29) is 23.8 Å². The highest BCUT2D eigenvalue weighted by molar-refractivity contribution is 7.99. The van der Waals surface area contributed by atoms with Crippen LogP contribution in [0, 0.1) is 11.8 Å². The van der Waals surface area contributed by atoms with Crippen molar-refractivity contribution < 1.29 is 19.8 Å². The molecule has 1 fully saturated rings. The summed E-state index contributed by atoms with van der Waals surface area (Å²) in [6, 6.07) is -0.163. The molecule has 2 unspecified atom stereocenters. The van der Waals surface area contributed by atoms with E-state index in [0.717, 1.165) is 12.8 Å². The molecule has 0 aromatic carbocycles. The summed E-state index contributed by atoms with van der Waals surface area (Å²) in [4.78, 5) is 23.4. The lowest BCUT2D eigenvalue weighted by Gasteiger charge is -2.30. The number of carbonyl (C=O) groups is 2. The molecule has 1 rings (SSSR count). The first-order valence-electron chi connectivity index (χ1n) is 6.68. The van der Waals surface area contributed by atoms with Gasteiger partial charge in [-0.1, -0.05) is 12.8 Å². The number of carbonyl (C=O) groups excluding carboxylic acids is 1. The van der Waals surface area contributed by atoms with Gasteiger partial charge in [-0.25, -0.2) is 0 Å². The van der Waals surface area contributed by atoms with Gasteiger partial charge in [-0.05, 0) is 26.0 Å². The van der Waals surface area contributed by atoms with Crippen molar-refractivity contribution in [1.82, 2.24) is 5.32 Å². The van der Waals surface area contributed by atoms with Gasteiger partial charge in [-0.2, -0.15) is 11.8 Å². The first kappa shape index (κ1) is 16.3. The molecule has 1 saturated carbocycles.